The van der Waals surface area contributed by atoms with E-state index in [1.54, 1.807) is 36.4 Å². The molecular formula is C13H9Cl3N2O. The Morgan fingerprint density at radius 3 is 2.37 bits per heavy atom. The summed E-state index contributed by atoms with van der Waals surface area (Å²) in [4.78, 5) is 0. The van der Waals surface area contributed by atoms with E-state index in [-0.39, 0.29) is 5.84 Å². The molecule has 98 valence electrons. The van der Waals surface area contributed by atoms with Crippen LogP contribution in [0, 0.1) is 5.41 Å². The Bertz CT molecular complexity index is 644. The van der Waals surface area contributed by atoms with Gasteiger partial charge in [0, 0.05) is 5.02 Å². The van der Waals surface area contributed by atoms with Gasteiger partial charge in [0.25, 0.3) is 0 Å². The Labute approximate surface area is 125 Å². The third kappa shape index (κ3) is 3.13. The summed E-state index contributed by atoms with van der Waals surface area (Å²) >= 11 is 17.8. The molecule has 0 saturated carbocycles. The fourth-order valence-electron chi connectivity index (χ4n) is 1.53. The first kappa shape index (κ1) is 14.0. The van der Waals surface area contributed by atoms with Gasteiger partial charge in [-0.25, -0.2) is 0 Å². The number of benzene rings is 2. The van der Waals surface area contributed by atoms with Crippen molar-refractivity contribution in [1.82, 2.24) is 0 Å². The van der Waals surface area contributed by atoms with Gasteiger partial charge >= 0.3 is 0 Å². The predicted octanol–water partition coefficient (Wildman–Crippen LogP) is 4.72. The minimum atomic E-state index is -0.175. The lowest BCUT2D eigenvalue weighted by atomic mass is 10.2. The van der Waals surface area contributed by atoms with E-state index in [0.29, 0.717) is 32.1 Å². The monoisotopic (exact) mass is 314 g/mol. The molecule has 0 aromatic heterocycles. The maximum Gasteiger partial charge on any atom is 0.146 e. The van der Waals surface area contributed by atoms with Gasteiger partial charge in [0.05, 0.1) is 15.6 Å². The second-order valence-electron chi connectivity index (χ2n) is 3.70. The second-order valence-corrected chi connectivity index (χ2v) is 4.95. The summed E-state index contributed by atoms with van der Waals surface area (Å²) in [5, 5.41) is 8.74. The molecule has 2 rings (SSSR count). The van der Waals surface area contributed by atoms with Crippen LogP contribution in [0.25, 0.3) is 0 Å². The van der Waals surface area contributed by atoms with E-state index in [0.717, 1.165) is 0 Å². The number of halogens is 3. The first-order valence-electron chi connectivity index (χ1n) is 5.25. The van der Waals surface area contributed by atoms with Gasteiger partial charge in [-0.05, 0) is 30.3 Å². The predicted molar refractivity (Wildman–Crippen MR) is 79.0 cm³/mol. The van der Waals surface area contributed by atoms with Gasteiger partial charge in [0.2, 0.25) is 0 Å². The standard InChI is InChI=1S/C13H9Cl3N2O/c14-7-4-5-10(9(16)6-7)19-11-3-1-2-8(15)12(11)13(17)18/h1-6H,(H3,17,18). The van der Waals surface area contributed by atoms with Gasteiger partial charge < -0.3 is 10.5 Å². The highest BCUT2D eigenvalue weighted by molar-refractivity contribution is 6.35. The third-order valence-electron chi connectivity index (χ3n) is 2.36. The summed E-state index contributed by atoms with van der Waals surface area (Å²) in [5.41, 5.74) is 5.82. The van der Waals surface area contributed by atoms with Crippen LogP contribution in [0.1, 0.15) is 5.56 Å². The Balaban J connectivity index is 2.44. The van der Waals surface area contributed by atoms with Gasteiger partial charge in [0.15, 0.2) is 0 Å². The molecule has 19 heavy (non-hydrogen) atoms. The van der Waals surface area contributed by atoms with Crippen LogP contribution < -0.4 is 10.5 Å². The van der Waals surface area contributed by atoms with Crippen molar-refractivity contribution in [1.29, 1.82) is 5.41 Å². The topological polar surface area (TPSA) is 59.1 Å². The van der Waals surface area contributed by atoms with Crippen molar-refractivity contribution < 1.29 is 4.74 Å². The lowest BCUT2D eigenvalue weighted by molar-refractivity contribution is 0.482. The molecular weight excluding hydrogens is 307 g/mol. The molecule has 2 aromatic rings. The number of hydrogen-bond donors (Lipinski definition) is 2. The van der Waals surface area contributed by atoms with Crippen LogP contribution in [0.3, 0.4) is 0 Å². The molecule has 0 aliphatic rings. The largest absolute Gasteiger partial charge is 0.455 e. The highest BCUT2D eigenvalue weighted by Gasteiger charge is 2.13. The van der Waals surface area contributed by atoms with Gasteiger partial charge in [-0.2, -0.15) is 0 Å². The minimum absolute atomic E-state index is 0.175. The molecule has 0 heterocycles. The molecule has 0 unspecified atom stereocenters. The zero-order valence-electron chi connectivity index (χ0n) is 9.58. The van der Waals surface area contributed by atoms with Gasteiger partial charge in [-0.1, -0.05) is 40.9 Å². The molecule has 2 aromatic carbocycles. The SMILES string of the molecule is N=C(N)c1c(Cl)cccc1Oc1ccc(Cl)cc1Cl. The smallest absolute Gasteiger partial charge is 0.146 e. The van der Waals surface area contributed by atoms with Gasteiger partial charge in [0.1, 0.15) is 17.3 Å². The number of nitrogens with two attached hydrogens (primary N) is 1. The Morgan fingerprint density at radius 1 is 1.00 bits per heavy atom. The van der Waals surface area contributed by atoms with E-state index in [1.165, 1.54) is 0 Å². The average Bonchev–Trinajstić information content (AvgIpc) is 2.32. The van der Waals surface area contributed by atoms with E-state index in [9.17, 15) is 0 Å². The summed E-state index contributed by atoms with van der Waals surface area (Å²) in [6, 6.07) is 9.85. The van der Waals surface area contributed by atoms with E-state index in [4.69, 9.17) is 50.7 Å². The molecule has 3 N–H and O–H groups in total. The highest BCUT2D eigenvalue weighted by atomic mass is 35.5. The number of rotatable bonds is 3. The fraction of sp³-hybridized carbons (Fsp3) is 0. The van der Waals surface area contributed by atoms with Crippen molar-refractivity contribution in [2.45, 2.75) is 0 Å². The minimum Gasteiger partial charge on any atom is -0.455 e. The number of hydrogen-bond acceptors (Lipinski definition) is 2. The van der Waals surface area contributed by atoms with Crippen LogP contribution in [0.5, 0.6) is 11.5 Å². The Morgan fingerprint density at radius 2 is 1.74 bits per heavy atom. The lowest BCUT2D eigenvalue weighted by Crippen LogP contribution is -2.13. The lowest BCUT2D eigenvalue weighted by Gasteiger charge is -2.12. The van der Waals surface area contributed by atoms with Crippen LogP contribution in [0.15, 0.2) is 36.4 Å². The summed E-state index contributed by atoms with van der Waals surface area (Å²) in [7, 11) is 0. The molecule has 0 aliphatic carbocycles. The number of amidine groups is 1. The molecule has 0 saturated heterocycles. The van der Waals surface area contributed by atoms with Gasteiger partial charge in [-0.3, -0.25) is 5.41 Å². The number of ether oxygens (including phenoxy) is 1. The van der Waals surface area contributed by atoms with E-state index < -0.39 is 0 Å². The van der Waals surface area contributed by atoms with Crippen molar-refractivity contribution in [3.8, 4) is 11.5 Å². The van der Waals surface area contributed by atoms with Crippen LogP contribution in [-0.4, -0.2) is 5.84 Å². The normalized spacial score (nSPS) is 10.3. The zero-order valence-corrected chi connectivity index (χ0v) is 11.9. The second kappa shape index (κ2) is 5.70. The summed E-state index contributed by atoms with van der Waals surface area (Å²) in [6.45, 7) is 0. The highest BCUT2D eigenvalue weighted by Crippen LogP contribution is 2.34. The zero-order chi connectivity index (χ0) is 14.0. The van der Waals surface area contributed by atoms with Gasteiger partial charge in [-0.15, -0.1) is 0 Å². The molecule has 0 atom stereocenters. The maximum atomic E-state index is 7.53. The first-order valence-corrected chi connectivity index (χ1v) is 6.38. The summed E-state index contributed by atoms with van der Waals surface area (Å²) in [6.07, 6.45) is 0. The van der Waals surface area contributed by atoms with E-state index >= 15 is 0 Å². The molecule has 0 bridgehead atoms. The van der Waals surface area contributed by atoms with Crippen LogP contribution in [0.4, 0.5) is 0 Å². The molecule has 0 amide bonds. The summed E-state index contributed by atoms with van der Waals surface area (Å²) in [5.74, 6) is 0.603. The molecule has 6 heteroatoms. The van der Waals surface area contributed by atoms with E-state index in [2.05, 4.69) is 0 Å². The first-order chi connectivity index (χ1) is 8.99. The molecule has 0 spiro atoms. The number of nitrogens with one attached hydrogen (secondary N) is 1. The summed E-state index contributed by atoms with van der Waals surface area (Å²) < 4.78 is 5.64. The Hall–Kier alpha value is -1.42. The van der Waals surface area contributed by atoms with E-state index in [1.807, 2.05) is 0 Å². The quantitative estimate of drug-likeness (QED) is 0.636. The van der Waals surface area contributed by atoms with Crippen molar-refractivity contribution in [3.05, 3.63) is 57.0 Å². The van der Waals surface area contributed by atoms with Crippen molar-refractivity contribution in [2.24, 2.45) is 5.73 Å². The van der Waals surface area contributed by atoms with Crippen molar-refractivity contribution in [2.75, 3.05) is 0 Å². The van der Waals surface area contributed by atoms with Crippen LogP contribution >= 0.6 is 34.8 Å². The molecule has 3 nitrogen and oxygen atoms in total. The van der Waals surface area contributed by atoms with Crippen LogP contribution in [0.2, 0.25) is 15.1 Å². The fourth-order valence-corrected chi connectivity index (χ4v) is 2.24. The molecule has 0 aliphatic heterocycles. The van der Waals surface area contributed by atoms with Crippen LogP contribution in [-0.2, 0) is 0 Å². The third-order valence-corrected chi connectivity index (χ3v) is 3.20. The Kier molecular flexibility index (Phi) is 4.20. The van der Waals surface area contributed by atoms with Crippen molar-refractivity contribution in [3.63, 3.8) is 0 Å². The number of nitrogen functional groups attached to an aromatic ring is 1. The van der Waals surface area contributed by atoms with Crippen molar-refractivity contribution >= 4 is 40.6 Å². The maximum absolute atomic E-state index is 7.53. The molecule has 0 fully saturated rings. The molecule has 0 radical (unpaired) electrons. The average molecular weight is 316 g/mol.